The lowest BCUT2D eigenvalue weighted by atomic mass is 10.1. The summed E-state index contributed by atoms with van der Waals surface area (Å²) in [6.45, 7) is 6.55. The first kappa shape index (κ1) is 24.2. The predicted molar refractivity (Wildman–Crippen MR) is 147 cm³/mol. The van der Waals surface area contributed by atoms with Crippen LogP contribution < -0.4 is 10.6 Å². The van der Waals surface area contributed by atoms with Crippen LogP contribution in [0.4, 0.5) is 17.1 Å². The fraction of sp³-hybridized carbons (Fsp3) is 0.241. The second-order valence-corrected chi connectivity index (χ2v) is 8.64. The predicted octanol–water partition coefficient (Wildman–Crippen LogP) is 6.54. The van der Waals surface area contributed by atoms with E-state index in [1.807, 2.05) is 60.7 Å². The zero-order valence-electron chi connectivity index (χ0n) is 20.4. The summed E-state index contributed by atoms with van der Waals surface area (Å²) in [4.78, 5) is 14.7. The lowest BCUT2D eigenvalue weighted by molar-refractivity contribution is -0.117. The van der Waals surface area contributed by atoms with Crippen LogP contribution in [0.3, 0.4) is 0 Å². The molecule has 1 amide bonds. The number of benzene rings is 3. The average molecular weight is 468 g/mol. The van der Waals surface area contributed by atoms with Gasteiger partial charge >= 0.3 is 0 Å². The van der Waals surface area contributed by atoms with Gasteiger partial charge in [-0.15, -0.1) is 0 Å². The molecule has 0 radical (unpaired) electrons. The minimum Gasteiger partial charge on any atom is -0.355 e. The highest BCUT2D eigenvalue weighted by molar-refractivity contribution is 5.93. The van der Waals surface area contributed by atoms with Crippen LogP contribution in [-0.4, -0.2) is 40.6 Å². The van der Waals surface area contributed by atoms with Gasteiger partial charge in [0.25, 0.3) is 0 Å². The van der Waals surface area contributed by atoms with Crippen molar-refractivity contribution < 1.29 is 4.79 Å². The van der Waals surface area contributed by atoms with Crippen molar-refractivity contribution in [2.24, 2.45) is 0 Å². The number of fused-ring (bicyclic) bond motifs is 1. The highest BCUT2D eigenvalue weighted by Gasteiger charge is 2.10. The van der Waals surface area contributed by atoms with Crippen LogP contribution in [-0.2, 0) is 4.79 Å². The molecular formula is C29H33N5O. The van der Waals surface area contributed by atoms with E-state index >= 15 is 0 Å². The third-order valence-electron chi connectivity index (χ3n) is 5.71. The normalized spacial score (nSPS) is 11.4. The number of hydrogen-bond donors (Lipinski definition) is 3. The molecule has 3 N–H and O–H groups in total. The zero-order valence-corrected chi connectivity index (χ0v) is 20.4. The Morgan fingerprint density at radius 1 is 0.886 bits per heavy atom. The van der Waals surface area contributed by atoms with E-state index in [1.165, 1.54) is 0 Å². The minimum absolute atomic E-state index is 0.0130. The number of amides is 1. The maximum absolute atomic E-state index is 12.5. The fourth-order valence-electron chi connectivity index (χ4n) is 4.13. The van der Waals surface area contributed by atoms with Crippen LogP contribution in [0.5, 0.6) is 0 Å². The number of nitrogens with one attached hydrogen (secondary N) is 3. The van der Waals surface area contributed by atoms with E-state index in [-0.39, 0.29) is 5.91 Å². The maximum atomic E-state index is 12.5. The van der Waals surface area contributed by atoms with E-state index in [2.05, 4.69) is 63.9 Å². The van der Waals surface area contributed by atoms with E-state index < -0.39 is 0 Å². The molecule has 180 valence electrons. The summed E-state index contributed by atoms with van der Waals surface area (Å²) in [5.74, 6) is 0.0130. The van der Waals surface area contributed by atoms with Gasteiger partial charge in [0.1, 0.15) is 0 Å². The van der Waals surface area contributed by atoms with Crippen molar-refractivity contribution in [2.75, 3.05) is 30.3 Å². The van der Waals surface area contributed by atoms with Crippen LogP contribution in [0.15, 0.2) is 72.8 Å². The summed E-state index contributed by atoms with van der Waals surface area (Å²) >= 11 is 0. The maximum Gasteiger partial charge on any atom is 0.238 e. The van der Waals surface area contributed by atoms with E-state index in [9.17, 15) is 4.79 Å². The molecule has 6 nitrogen and oxygen atoms in total. The molecule has 4 rings (SSSR count). The molecule has 0 atom stereocenters. The first-order chi connectivity index (χ1) is 17.1. The number of aromatic amines is 1. The molecule has 4 aromatic rings. The Bertz CT molecular complexity index is 1270. The lowest BCUT2D eigenvalue weighted by Gasteiger charge is -2.20. The summed E-state index contributed by atoms with van der Waals surface area (Å²) in [5.41, 5.74) is 5.63. The van der Waals surface area contributed by atoms with Crippen molar-refractivity contribution in [1.29, 1.82) is 0 Å². The Kier molecular flexibility index (Phi) is 8.30. The summed E-state index contributed by atoms with van der Waals surface area (Å²) < 4.78 is 0. The van der Waals surface area contributed by atoms with Gasteiger partial charge in [0.2, 0.25) is 5.91 Å². The van der Waals surface area contributed by atoms with Crippen LogP contribution in [0.2, 0.25) is 0 Å². The first-order valence-electron chi connectivity index (χ1n) is 12.2. The fourth-order valence-corrected chi connectivity index (χ4v) is 4.13. The standard InChI is InChI=1S/C29H33N5O/c1-3-17-34(18-4-2)21-29(35)31-24-12-8-11-23(19-24)30-25-14-15-26-27(32-33-28(26)20-25)16-13-22-9-6-5-7-10-22/h5-16,19-20,30H,3-4,17-18,21H2,1-2H3,(H,31,35)(H,32,33)/b16-13+. The number of anilines is 3. The number of H-pyrrole nitrogens is 1. The first-order valence-corrected chi connectivity index (χ1v) is 12.2. The summed E-state index contributed by atoms with van der Waals surface area (Å²) in [6.07, 6.45) is 6.16. The highest BCUT2D eigenvalue weighted by Crippen LogP contribution is 2.25. The van der Waals surface area contributed by atoms with Gasteiger partial charge in [0.15, 0.2) is 0 Å². The van der Waals surface area contributed by atoms with Gasteiger partial charge in [-0.05, 0) is 74.0 Å². The molecule has 1 aromatic heterocycles. The molecule has 0 aliphatic carbocycles. The Morgan fingerprint density at radius 3 is 2.40 bits per heavy atom. The van der Waals surface area contributed by atoms with E-state index in [0.717, 1.165) is 65.2 Å². The number of aromatic nitrogens is 2. The van der Waals surface area contributed by atoms with Crippen molar-refractivity contribution in [2.45, 2.75) is 26.7 Å². The number of rotatable bonds is 11. The van der Waals surface area contributed by atoms with Gasteiger partial charge in [0, 0.05) is 22.4 Å². The summed E-state index contributed by atoms with van der Waals surface area (Å²) in [6, 6.07) is 24.1. The molecule has 0 aliphatic rings. The molecule has 0 aliphatic heterocycles. The molecule has 0 saturated heterocycles. The quantitative estimate of drug-likeness (QED) is 0.234. The number of carbonyl (C=O) groups is 1. The van der Waals surface area contributed by atoms with Gasteiger partial charge in [-0.25, -0.2) is 0 Å². The highest BCUT2D eigenvalue weighted by atomic mass is 16.2. The van der Waals surface area contributed by atoms with Gasteiger partial charge in [0.05, 0.1) is 17.8 Å². The van der Waals surface area contributed by atoms with E-state index in [4.69, 9.17) is 0 Å². The topological polar surface area (TPSA) is 73.1 Å². The minimum atomic E-state index is 0.0130. The van der Waals surface area contributed by atoms with Crippen molar-refractivity contribution in [3.63, 3.8) is 0 Å². The largest absolute Gasteiger partial charge is 0.355 e. The molecule has 0 saturated carbocycles. The number of hydrogen-bond acceptors (Lipinski definition) is 4. The Balaban J connectivity index is 1.41. The van der Waals surface area contributed by atoms with Gasteiger partial charge in [-0.3, -0.25) is 14.8 Å². The molecule has 6 heteroatoms. The Morgan fingerprint density at radius 2 is 1.63 bits per heavy atom. The van der Waals surface area contributed by atoms with Gasteiger partial charge in [-0.2, -0.15) is 5.10 Å². The van der Waals surface area contributed by atoms with Gasteiger partial charge in [-0.1, -0.05) is 56.3 Å². The average Bonchev–Trinajstić information content (AvgIpc) is 3.26. The van der Waals surface area contributed by atoms with Crippen LogP contribution in [0.1, 0.15) is 37.9 Å². The van der Waals surface area contributed by atoms with Crippen molar-refractivity contribution >= 4 is 46.0 Å². The molecule has 3 aromatic carbocycles. The lowest BCUT2D eigenvalue weighted by Crippen LogP contribution is -2.34. The van der Waals surface area contributed by atoms with Crippen LogP contribution >= 0.6 is 0 Å². The smallest absolute Gasteiger partial charge is 0.238 e. The molecule has 35 heavy (non-hydrogen) atoms. The second kappa shape index (κ2) is 12.0. The third kappa shape index (κ3) is 6.80. The Labute approximate surface area is 207 Å². The van der Waals surface area contributed by atoms with Crippen molar-refractivity contribution in [3.05, 3.63) is 84.1 Å². The third-order valence-corrected chi connectivity index (χ3v) is 5.71. The van der Waals surface area contributed by atoms with Crippen molar-refractivity contribution in [1.82, 2.24) is 15.1 Å². The number of carbonyl (C=O) groups excluding carboxylic acids is 1. The summed E-state index contributed by atoms with van der Waals surface area (Å²) in [7, 11) is 0. The molecule has 0 unspecified atom stereocenters. The zero-order chi connectivity index (χ0) is 24.5. The van der Waals surface area contributed by atoms with Crippen LogP contribution in [0, 0.1) is 0 Å². The van der Waals surface area contributed by atoms with Crippen molar-refractivity contribution in [3.8, 4) is 0 Å². The molecule has 1 heterocycles. The molecule has 0 fully saturated rings. The number of nitrogens with zero attached hydrogens (tertiary/aromatic N) is 2. The molecular weight excluding hydrogens is 434 g/mol. The molecule has 0 bridgehead atoms. The molecule has 0 spiro atoms. The monoisotopic (exact) mass is 467 g/mol. The SMILES string of the molecule is CCCN(CCC)CC(=O)Nc1cccc(Nc2ccc3c(/C=C/c4ccccc4)n[nH]c3c2)c1. The van der Waals surface area contributed by atoms with E-state index in [0.29, 0.717) is 6.54 Å². The van der Waals surface area contributed by atoms with Crippen LogP contribution in [0.25, 0.3) is 23.1 Å². The van der Waals surface area contributed by atoms with Gasteiger partial charge < -0.3 is 10.6 Å². The van der Waals surface area contributed by atoms with E-state index in [1.54, 1.807) is 0 Å². The summed E-state index contributed by atoms with van der Waals surface area (Å²) in [5, 5.41) is 15.1. The second-order valence-electron chi connectivity index (χ2n) is 8.64. The Hall–Kier alpha value is -3.90.